The summed E-state index contributed by atoms with van der Waals surface area (Å²) in [5, 5.41) is 2.89. The first-order valence-corrected chi connectivity index (χ1v) is 10.1. The maximum atomic E-state index is 13.0. The van der Waals surface area contributed by atoms with Crippen LogP contribution in [0.5, 0.6) is 5.75 Å². The Bertz CT molecular complexity index is 1290. The minimum atomic E-state index is -0.255. The van der Waals surface area contributed by atoms with Gasteiger partial charge in [0.25, 0.3) is 5.91 Å². The second-order valence-corrected chi connectivity index (χ2v) is 7.73. The van der Waals surface area contributed by atoms with Crippen molar-refractivity contribution in [3.05, 3.63) is 59.4 Å². The Labute approximate surface area is 179 Å². The highest BCUT2D eigenvalue weighted by atomic mass is 16.5. The number of H-pyrrole nitrogens is 1. The molecule has 0 spiro atoms. The Kier molecular flexibility index (Phi) is 4.54. The van der Waals surface area contributed by atoms with Crippen molar-refractivity contribution in [1.82, 2.24) is 19.9 Å². The average Bonchev–Trinajstić information content (AvgIpc) is 3.17. The zero-order chi connectivity index (χ0) is 21.5. The van der Waals surface area contributed by atoms with E-state index in [1.165, 1.54) is 0 Å². The smallest absolute Gasteiger partial charge is 0.259 e. The number of imidazole rings is 1. The first kappa shape index (κ1) is 19.0. The number of para-hydroxylation sites is 1. The van der Waals surface area contributed by atoms with Gasteiger partial charge in [-0.25, -0.2) is 15.0 Å². The molecule has 0 unspecified atom stereocenters. The number of hydrogen-bond donors (Lipinski definition) is 2. The fraction of sp³-hybridized carbons (Fsp3) is 0.217. The van der Waals surface area contributed by atoms with Crippen LogP contribution in [-0.4, -0.2) is 46.0 Å². The second-order valence-electron chi connectivity index (χ2n) is 7.73. The normalized spacial score (nSPS) is 13.1. The van der Waals surface area contributed by atoms with Crippen molar-refractivity contribution in [2.45, 2.75) is 13.8 Å². The van der Waals surface area contributed by atoms with Crippen LogP contribution in [0.25, 0.3) is 22.4 Å². The Morgan fingerprint density at radius 1 is 1.19 bits per heavy atom. The van der Waals surface area contributed by atoms with E-state index in [-0.39, 0.29) is 5.91 Å². The molecule has 4 aromatic rings. The number of fused-ring (bicyclic) bond motifs is 2. The summed E-state index contributed by atoms with van der Waals surface area (Å²) in [4.78, 5) is 32.0. The summed E-state index contributed by atoms with van der Waals surface area (Å²) in [7, 11) is 1.99. The number of aromatic nitrogens is 4. The molecular weight excluding hydrogens is 392 g/mol. The third-order valence-electron chi connectivity index (χ3n) is 5.25. The summed E-state index contributed by atoms with van der Waals surface area (Å²) in [5.41, 5.74) is 4.52. The van der Waals surface area contributed by atoms with Gasteiger partial charge in [0.1, 0.15) is 23.8 Å². The topological polar surface area (TPSA) is 96.0 Å². The predicted molar refractivity (Wildman–Crippen MR) is 120 cm³/mol. The SMILES string of the molecule is Cc1cc(C)nc(NC(=O)c2cccc3[nH]c(-c4cnc5c(c4)OCCN5C)nc23)c1. The van der Waals surface area contributed by atoms with Crippen molar-refractivity contribution in [3.8, 4) is 17.1 Å². The number of nitrogens with one attached hydrogen (secondary N) is 2. The molecule has 0 aliphatic carbocycles. The van der Waals surface area contributed by atoms with Crippen LogP contribution in [0.15, 0.2) is 42.6 Å². The van der Waals surface area contributed by atoms with Crippen LogP contribution in [0.2, 0.25) is 0 Å². The summed E-state index contributed by atoms with van der Waals surface area (Å²) in [6.07, 6.45) is 1.76. The van der Waals surface area contributed by atoms with E-state index in [0.29, 0.717) is 29.3 Å². The van der Waals surface area contributed by atoms with Gasteiger partial charge in [-0.1, -0.05) is 6.07 Å². The lowest BCUT2D eigenvalue weighted by Gasteiger charge is -2.26. The molecular formula is C23H22N6O2. The monoisotopic (exact) mass is 414 g/mol. The summed E-state index contributed by atoms with van der Waals surface area (Å²) < 4.78 is 5.76. The van der Waals surface area contributed by atoms with Crippen molar-refractivity contribution in [3.63, 3.8) is 0 Å². The molecule has 31 heavy (non-hydrogen) atoms. The van der Waals surface area contributed by atoms with Crippen molar-refractivity contribution >= 4 is 28.6 Å². The Balaban J connectivity index is 1.50. The molecule has 2 N–H and O–H groups in total. The van der Waals surface area contributed by atoms with Crippen LogP contribution in [-0.2, 0) is 0 Å². The zero-order valence-corrected chi connectivity index (χ0v) is 17.6. The van der Waals surface area contributed by atoms with Crippen LogP contribution in [0.3, 0.4) is 0 Å². The van der Waals surface area contributed by atoms with Gasteiger partial charge < -0.3 is 19.9 Å². The molecule has 0 bridgehead atoms. The number of amides is 1. The van der Waals surface area contributed by atoms with Gasteiger partial charge in [0.2, 0.25) is 0 Å². The van der Waals surface area contributed by atoms with Gasteiger partial charge in [-0.15, -0.1) is 0 Å². The number of rotatable bonds is 3. The number of nitrogens with zero attached hydrogens (tertiary/aromatic N) is 4. The summed E-state index contributed by atoms with van der Waals surface area (Å²) in [5.74, 6) is 2.44. The molecule has 8 nitrogen and oxygen atoms in total. The molecule has 0 fully saturated rings. The molecule has 0 radical (unpaired) electrons. The van der Waals surface area contributed by atoms with Crippen molar-refractivity contribution in [2.24, 2.45) is 0 Å². The molecule has 0 atom stereocenters. The fourth-order valence-corrected chi connectivity index (χ4v) is 3.80. The van der Waals surface area contributed by atoms with Crippen molar-refractivity contribution < 1.29 is 9.53 Å². The van der Waals surface area contributed by atoms with Gasteiger partial charge in [-0.2, -0.15) is 0 Å². The number of ether oxygens (including phenoxy) is 1. The number of pyridine rings is 2. The van der Waals surface area contributed by atoms with Crippen LogP contribution in [0, 0.1) is 13.8 Å². The highest BCUT2D eigenvalue weighted by Gasteiger charge is 2.19. The molecule has 5 rings (SSSR count). The fourth-order valence-electron chi connectivity index (χ4n) is 3.80. The van der Waals surface area contributed by atoms with Gasteiger partial charge >= 0.3 is 0 Å². The molecule has 1 aliphatic heterocycles. The highest BCUT2D eigenvalue weighted by molar-refractivity contribution is 6.11. The third kappa shape index (κ3) is 3.56. The van der Waals surface area contributed by atoms with E-state index >= 15 is 0 Å². The summed E-state index contributed by atoms with van der Waals surface area (Å²) in [6.45, 7) is 5.29. The molecule has 1 aliphatic rings. The number of hydrogen-bond acceptors (Lipinski definition) is 6. The quantitative estimate of drug-likeness (QED) is 0.530. The molecule has 0 saturated heterocycles. The molecule has 4 heterocycles. The Morgan fingerprint density at radius 3 is 2.90 bits per heavy atom. The van der Waals surface area contributed by atoms with Crippen molar-refractivity contribution in [1.29, 1.82) is 0 Å². The zero-order valence-electron chi connectivity index (χ0n) is 17.6. The van der Waals surface area contributed by atoms with Crippen LogP contribution >= 0.6 is 0 Å². The van der Waals surface area contributed by atoms with E-state index in [1.54, 1.807) is 12.3 Å². The molecule has 1 aromatic carbocycles. The van der Waals surface area contributed by atoms with E-state index < -0.39 is 0 Å². The Hall–Kier alpha value is -3.94. The number of aryl methyl sites for hydroxylation is 2. The van der Waals surface area contributed by atoms with E-state index in [1.807, 2.05) is 51.2 Å². The standard InChI is InChI=1S/C23H22N6O2/c1-13-9-14(2)25-19(10-13)27-23(30)16-5-4-6-17-20(16)28-21(26-17)15-11-18-22(24-12-15)29(3)7-8-31-18/h4-6,9-12H,7-8H2,1-3H3,(H,26,28)(H,25,27,30). The van der Waals surface area contributed by atoms with E-state index in [4.69, 9.17) is 9.72 Å². The third-order valence-corrected chi connectivity index (χ3v) is 5.25. The number of carbonyl (C=O) groups excluding carboxylic acids is 1. The number of benzene rings is 1. The minimum Gasteiger partial charge on any atom is -0.488 e. The van der Waals surface area contributed by atoms with E-state index in [2.05, 4.69) is 25.2 Å². The number of anilines is 2. The lowest BCUT2D eigenvalue weighted by molar-refractivity contribution is 0.102. The largest absolute Gasteiger partial charge is 0.488 e. The maximum Gasteiger partial charge on any atom is 0.259 e. The molecule has 3 aromatic heterocycles. The van der Waals surface area contributed by atoms with Gasteiger partial charge in [0.15, 0.2) is 11.6 Å². The maximum absolute atomic E-state index is 13.0. The van der Waals surface area contributed by atoms with E-state index in [9.17, 15) is 4.79 Å². The highest BCUT2D eigenvalue weighted by Crippen LogP contribution is 2.32. The number of aromatic amines is 1. The lowest BCUT2D eigenvalue weighted by Crippen LogP contribution is -2.29. The second kappa shape index (κ2) is 7.39. The van der Waals surface area contributed by atoms with Gasteiger partial charge in [0, 0.05) is 24.5 Å². The Morgan fingerprint density at radius 2 is 2.06 bits per heavy atom. The summed E-state index contributed by atoms with van der Waals surface area (Å²) in [6, 6.07) is 11.2. The molecule has 8 heteroatoms. The minimum absolute atomic E-state index is 0.255. The van der Waals surface area contributed by atoms with Crippen LogP contribution < -0.4 is 15.0 Å². The lowest BCUT2D eigenvalue weighted by atomic mass is 10.1. The molecule has 1 amide bonds. The molecule has 156 valence electrons. The predicted octanol–water partition coefficient (Wildman–Crippen LogP) is 3.72. The van der Waals surface area contributed by atoms with Gasteiger partial charge in [0.05, 0.1) is 17.6 Å². The van der Waals surface area contributed by atoms with Gasteiger partial charge in [-0.05, 0) is 49.7 Å². The number of carbonyl (C=O) groups is 1. The molecule has 0 saturated carbocycles. The van der Waals surface area contributed by atoms with Crippen molar-refractivity contribution in [2.75, 3.05) is 30.4 Å². The first-order chi connectivity index (χ1) is 15.0. The van der Waals surface area contributed by atoms with E-state index in [0.717, 1.165) is 40.4 Å². The van der Waals surface area contributed by atoms with Gasteiger partial charge in [-0.3, -0.25) is 4.79 Å². The first-order valence-electron chi connectivity index (χ1n) is 10.1. The van der Waals surface area contributed by atoms with Crippen LogP contribution in [0.4, 0.5) is 11.6 Å². The average molecular weight is 414 g/mol. The van der Waals surface area contributed by atoms with Crippen LogP contribution in [0.1, 0.15) is 21.6 Å². The number of likely N-dealkylation sites (N-methyl/N-ethyl adjacent to an activating group) is 1. The summed E-state index contributed by atoms with van der Waals surface area (Å²) >= 11 is 0.